The summed E-state index contributed by atoms with van der Waals surface area (Å²) >= 11 is 0. The van der Waals surface area contributed by atoms with Crippen LogP contribution in [0.25, 0.3) is 11.3 Å². The van der Waals surface area contributed by atoms with E-state index >= 15 is 0 Å². The van der Waals surface area contributed by atoms with Gasteiger partial charge in [-0.1, -0.05) is 0 Å². The molecule has 1 saturated carbocycles. The van der Waals surface area contributed by atoms with Crippen LogP contribution in [-0.2, 0) is 17.9 Å². The van der Waals surface area contributed by atoms with E-state index in [1.165, 1.54) is 31.5 Å². The molecular weight excluding hydrogens is 305 g/mol. The van der Waals surface area contributed by atoms with Crippen LogP contribution in [0, 0.1) is 11.7 Å². The molecule has 0 bridgehead atoms. The van der Waals surface area contributed by atoms with Gasteiger partial charge in [-0.25, -0.2) is 9.37 Å². The van der Waals surface area contributed by atoms with Gasteiger partial charge in [0.25, 0.3) is 0 Å². The van der Waals surface area contributed by atoms with Crippen molar-refractivity contribution in [2.45, 2.75) is 38.0 Å². The molecule has 0 N–H and O–H groups in total. The molecule has 0 amide bonds. The number of benzene rings is 1. The second-order valence-corrected chi connectivity index (χ2v) is 7.55. The number of likely N-dealkylation sites (tertiary alicyclic amines) is 1. The van der Waals surface area contributed by atoms with Crippen molar-refractivity contribution in [1.29, 1.82) is 0 Å². The fraction of sp³-hybridized carbons (Fsp3) is 0.526. The Balaban J connectivity index is 1.40. The third kappa shape index (κ3) is 2.56. The SMILES string of the molecule is Fc1ccc(-c2cnc3n2C[C@]2(CCN(CC4CC4)C2)OC3)cc1. The Morgan fingerprint density at radius 2 is 2.04 bits per heavy atom. The lowest BCUT2D eigenvalue weighted by Crippen LogP contribution is -2.44. The van der Waals surface area contributed by atoms with Crippen molar-refractivity contribution in [3.05, 3.63) is 42.1 Å². The number of hydrogen-bond donors (Lipinski definition) is 0. The third-order valence-electron chi connectivity index (χ3n) is 5.64. The molecular formula is C19H22FN3O. The minimum atomic E-state index is -0.205. The second-order valence-electron chi connectivity index (χ2n) is 7.55. The molecule has 2 fully saturated rings. The lowest BCUT2D eigenvalue weighted by molar-refractivity contribution is -0.0819. The third-order valence-corrected chi connectivity index (χ3v) is 5.64. The highest BCUT2D eigenvalue weighted by Gasteiger charge is 2.44. The van der Waals surface area contributed by atoms with Gasteiger partial charge in [0.05, 0.1) is 18.4 Å². The van der Waals surface area contributed by atoms with E-state index in [0.29, 0.717) is 6.61 Å². The van der Waals surface area contributed by atoms with E-state index in [-0.39, 0.29) is 11.4 Å². The average molecular weight is 327 g/mol. The minimum absolute atomic E-state index is 0.0859. The maximum atomic E-state index is 13.2. The van der Waals surface area contributed by atoms with Crippen LogP contribution in [0.4, 0.5) is 4.39 Å². The summed E-state index contributed by atoms with van der Waals surface area (Å²) in [5.74, 6) is 1.69. The first-order valence-corrected chi connectivity index (χ1v) is 8.87. The zero-order valence-electron chi connectivity index (χ0n) is 13.7. The number of hydrogen-bond acceptors (Lipinski definition) is 3. The van der Waals surface area contributed by atoms with E-state index in [1.54, 1.807) is 0 Å². The number of aromatic nitrogens is 2. The Morgan fingerprint density at radius 1 is 1.21 bits per heavy atom. The van der Waals surface area contributed by atoms with Crippen molar-refractivity contribution < 1.29 is 9.13 Å². The number of imidazole rings is 1. The van der Waals surface area contributed by atoms with Crippen molar-refractivity contribution >= 4 is 0 Å². The summed E-state index contributed by atoms with van der Waals surface area (Å²) in [5, 5.41) is 0. The average Bonchev–Trinajstić information content (AvgIpc) is 3.18. The minimum Gasteiger partial charge on any atom is -0.364 e. The summed E-state index contributed by atoms with van der Waals surface area (Å²) in [6.45, 7) is 4.79. The van der Waals surface area contributed by atoms with Crippen LogP contribution < -0.4 is 0 Å². The van der Waals surface area contributed by atoms with Crippen LogP contribution in [0.15, 0.2) is 30.5 Å². The second kappa shape index (κ2) is 5.39. The molecule has 1 aromatic carbocycles. The van der Waals surface area contributed by atoms with Crippen molar-refractivity contribution in [3.63, 3.8) is 0 Å². The first-order chi connectivity index (χ1) is 11.7. The number of ether oxygens (including phenoxy) is 1. The van der Waals surface area contributed by atoms with Gasteiger partial charge >= 0.3 is 0 Å². The van der Waals surface area contributed by atoms with Crippen molar-refractivity contribution in [2.24, 2.45) is 5.92 Å². The molecule has 5 heteroatoms. The predicted octanol–water partition coefficient (Wildman–Crippen LogP) is 3.07. The summed E-state index contributed by atoms with van der Waals surface area (Å²) in [4.78, 5) is 7.08. The standard InChI is InChI=1S/C19H22FN3O/c20-16-5-3-15(4-6-16)17-9-21-18-11-24-19(13-23(17)18)7-8-22(12-19)10-14-1-2-14/h3-6,9,14H,1-2,7-8,10-13H2/t19-/m1/s1. The van der Waals surface area contributed by atoms with Crippen LogP contribution in [0.5, 0.6) is 0 Å². The highest BCUT2D eigenvalue weighted by atomic mass is 19.1. The normalized spacial score (nSPS) is 26.9. The summed E-state index contributed by atoms with van der Waals surface area (Å²) < 4.78 is 21.8. The Hall–Kier alpha value is -1.72. The number of fused-ring (bicyclic) bond motifs is 1. The Morgan fingerprint density at radius 3 is 2.83 bits per heavy atom. The summed E-state index contributed by atoms with van der Waals surface area (Å²) in [5.41, 5.74) is 1.99. The van der Waals surface area contributed by atoms with Gasteiger partial charge in [-0.15, -0.1) is 0 Å². The number of rotatable bonds is 3. The molecule has 126 valence electrons. The number of nitrogens with zero attached hydrogens (tertiary/aromatic N) is 3. The first-order valence-electron chi connectivity index (χ1n) is 8.87. The molecule has 1 spiro atoms. The Bertz CT molecular complexity index is 752. The van der Waals surface area contributed by atoms with E-state index in [2.05, 4.69) is 14.5 Å². The van der Waals surface area contributed by atoms with E-state index in [1.807, 2.05) is 18.3 Å². The molecule has 2 aliphatic heterocycles. The molecule has 0 unspecified atom stereocenters. The molecule has 1 atom stereocenters. The van der Waals surface area contributed by atoms with E-state index in [0.717, 1.165) is 49.1 Å². The molecule has 3 aliphatic rings. The summed E-state index contributed by atoms with van der Waals surface area (Å²) in [6.07, 6.45) is 5.76. The van der Waals surface area contributed by atoms with Gasteiger partial charge in [0.2, 0.25) is 0 Å². The van der Waals surface area contributed by atoms with Gasteiger partial charge in [0.1, 0.15) is 23.8 Å². The molecule has 1 aromatic heterocycles. The first kappa shape index (κ1) is 14.6. The highest BCUT2D eigenvalue weighted by Crippen LogP contribution is 2.37. The lowest BCUT2D eigenvalue weighted by Gasteiger charge is -2.35. The monoisotopic (exact) mass is 327 g/mol. The Kier molecular flexibility index (Phi) is 3.28. The van der Waals surface area contributed by atoms with Crippen molar-refractivity contribution in [3.8, 4) is 11.3 Å². The number of halogens is 1. The molecule has 2 aromatic rings. The molecule has 5 rings (SSSR count). The summed E-state index contributed by atoms with van der Waals surface area (Å²) in [6, 6.07) is 6.68. The summed E-state index contributed by atoms with van der Waals surface area (Å²) in [7, 11) is 0. The lowest BCUT2D eigenvalue weighted by atomic mass is 10.0. The highest BCUT2D eigenvalue weighted by molar-refractivity contribution is 5.59. The fourth-order valence-corrected chi connectivity index (χ4v) is 4.10. The maximum absolute atomic E-state index is 13.2. The van der Waals surface area contributed by atoms with E-state index in [4.69, 9.17) is 4.74 Å². The van der Waals surface area contributed by atoms with E-state index in [9.17, 15) is 4.39 Å². The van der Waals surface area contributed by atoms with Gasteiger partial charge in [-0.3, -0.25) is 0 Å². The van der Waals surface area contributed by atoms with Crippen LogP contribution in [0.2, 0.25) is 0 Å². The van der Waals surface area contributed by atoms with Crippen LogP contribution >= 0.6 is 0 Å². The predicted molar refractivity (Wildman–Crippen MR) is 88.9 cm³/mol. The zero-order chi connectivity index (χ0) is 16.1. The maximum Gasteiger partial charge on any atom is 0.135 e. The van der Waals surface area contributed by atoms with Crippen LogP contribution in [0.1, 0.15) is 25.1 Å². The van der Waals surface area contributed by atoms with Gasteiger partial charge < -0.3 is 14.2 Å². The molecule has 3 heterocycles. The molecule has 0 radical (unpaired) electrons. The quantitative estimate of drug-likeness (QED) is 0.868. The smallest absolute Gasteiger partial charge is 0.135 e. The van der Waals surface area contributed by atoms with Crippen LogP contribution in [-0.4, -0.2) is 39.7 Å². The van der Waals surface area contributed by atoms with Crippen molar-refractivity contribution in [2.75, 3.05) is 19.6 Å². The van der Waals surface area contributed by atoms with Crippen LogP contribution in [0.3, 0.4) is 0 Å². The van der Waals surface area contributed by atoms with Gasteiger partial charge in [0.15, 0.2) is 0 Å². The van der Waals surface area contributed by atoms with Gasteiger partial charge in [-0.2, -0.15) is 0 Å². The fourth-order valence-electron chi connectivity index (χ4n) is 4.10. The topological polar surface area (TPSA) is 30.3 Å². The van der Waals surface area contributed by atoms with Crippen molar-refractivity contribution in [1.82, 2.24) is 14.5 Å². The molecule has 1 saturated heterocycles. The van der Waals surface area contributed by atoms with E-state index < -0.39 is 0 Å². The van der Waals surface area contributed by atoms with Gasteiger partial charge in [0, 0.05) is 19.6 Å². The molecule has 4 nitrogen and oxygen atoms in total. The molecule has 1 aliphatic carbocycles. The molecule has 24 heavy (non-hydrogen) atoms. The largest absolute Gasteiger partial charge is 0.364 e. The van der Waals surface area contributed by atoms with Gasteiger partial charge in [-0.05, 0) is 55.0 Å². The zero-order valence-corrected chi connectivity index (χ0v) is 13.7. The Labute approximate surface area is 141 Å².